The minimum absolute atomic E-state index is 0.0865. The zero-order valence-electron chi connectivity index (χ0n) is 28.5. The van der Waals surface area contributed by atoms with Crippen LogP contribution in [0.2, 0.25) is 0 Å². The van der Waals surface area contributed by atoms with E-state index >= 15 is 0 Å². The van der Waals surface area contributed by atoms with E-state index in [4.69, 9.17) is 56.8 Å². The fraction of sp³-hybridized carbons (Fsp3) is 0.758. The highest BCUT2D eigenvalue weighted by molar-refractivity contribution is 5.74. The van der Waals surface area contributed by atoms with Gasteiger partial charge in [-0.25, -0.2) is 4.79 Å². The van der Waals surface area contributed by atoms with Crippen molar-refractivity contribution < 1.29 is 66.4 Å². The van der Waals surface area contributed by atoms with Gasteiger partial charge in [0, 0.05) is 5.56 Å². The van der Waals surface area contributed by atoms with Crippen molar-refractivity contribution in [3.63, 3.8) is 0 Å². The third-order valence-corrected chi connectivity index (χ3v) is 5.50. The van der Waals surface area contributed by atoms with Crippen LogP contribution in [0.4, 0.5) is 0 Å². The Kier molecular flexibility index (Phi) is 28.3. The van der Waals surface area contributed by atoms with Gasteiger partial charge in [-0.2, -0.15) is 0 Å². The predicted octanol–water partition coefficient (Wildman–Crippen LogP) is 2.39. The monoisotopic (exact) mass is 676 g/mol. The molecule has 0 radical (unpaired) electrons. The molecule has 0 fully saturated rings. The summed E-state index contributed by atoms with van der Waals surface area (Å²) in [5, 5.41) is 0. The molecule has 14 heteroatoms. The van der Waals surface area contributed by atoms with Crippen molar-refractivity contribution in [1.82, 2.24) is 0 Å². The SMILES string of the molecule is CC(C)(C)OC(=O)COCCOCCOCCOCCOCCOCCOCCOCCOCCOCCOc1ccc(C=O)cc1. The topological polar surface area (TPSA) is 145 Å². The van der Waals surface area contributed by atoms with Crippen molar-refractivity contribution in [2.24, 2.45) is 0 Å². The molecule has 47 heavy (non-hydrogen) atoms. The van der Waals surface area contributed by atoms with Gasteiger partial charge in [-0.1, -0.05) is 0 Å². The second-order valence-electron chi connectivity index (χ2n) is 10.7. The lowest BCUT2D eigenvalue weighted by atomic mass is 10.2. The number of hydrogen-bond donors (Lipinski definition) is 0. The lowest BCUT2D eigenvalue weighted by molar-refractivity contribution is -0.160. The third kappa shape index (κ3) is 30.8. The highest BCUT2D eigenvalue weighted by Gasteiger charge is 2.15. The van der Waals surface area contributed by atoms with Gasteiger partial charge in [0.2, 0.25) is 0 Å². The van der Waals surface area contributed by atoms with Gasteiger partial charge in [0.15, 0.2) is 0 Å². The van der Waals surface area contributed by atoms with Crippen LogP contribution in [-0.2, 0) is 56.9 Å². The molecule has 0 saturated heterocycles. The molecule has 0 atom stereocenters. The number of ether oxygens (including phenoxy) is 12. The van der Waals surface area contributed by atoms with Crippen LogP contribution in [0.3, 0.4) is 0 Å². The Labute approximate surface area is 279 Å². The molecule has 0 aliphatic rings. The van der Waals surface area contributed by atoms with E-state index in [0.29, 0.717) is 143 Å². The second kappa shape index (κ2) is 31.1. The Morgan fingerprint density at radius 1 is 0.489 bits per heavy atom. The molecule has 0 aliphatic heterocycles. The molecule has 0 bridgehead atoms. The maximum Gasteiger partial charge on any atom is 0.332 e. The lowest BCUT2D eigenvalue weighted by Crippen LogP contribution is -2.27. The van der Waals surface area contributed by atoms with E-state index in [0.717, 1.165) is 6.29 Å². The fourth-order valence-corrected chi connectivity index (χ4v) is 3.37. The summed E-state index contributed by atoms with van der Waals surface area (Å²) in [6.07, 6.45) is 0.795. The first kappa shape index (κ1) is 42.8. The molecular formula is C33H56O14. The highest BCUT2D eigenvalue weighted by Crippen LogP contribution is 2.10. The van der Waals surface area contributed by atoms with Gasteiger partial charge in [-0.3, -0.25) is 4.79 Å². The van der Waals surface area contributed by atoms with Crippen molar-refractivity contribution in [1.29, 1.82) is 0 Å². The average molecular weight is 677 g/mol. The Hall–Kier alpha value is -2.24. The third-order valence-electron chi connectivity index (χ3n) is 5.50. The minimum atomic E-state index is -0.514. The minimum Gasteiger partial charge on any atom is -0.491 e. The fourth-order valence-electron chi connectivity index (χ4n) is 3.37. The van der Waals surface area contributed by atoms with E-state index in [1.807, 2.05) is 20.8 Å². The molecule has 0 N–H and O–H groups in total. The number of esters is 1. The number of rotatable bonds is 34. The predicted molar refractivity (Wildman–Crippen MR) is 171 cm³/mol. The molecule has 0 aromatic heterocycles. The molecular weight excluding hydrogens is 620 g/mol. The van der Waals surface area contributed by atoms with Crippen LogP contribution >= 0.6 is 0 Å². The van der Waals surface area contributed by atoms with E-state index in [-0.39, 0.29) is 12.6 Å². The summed E-state index contributed by atoms with van der Waals surface area (Å²) in [6.45, 7) is 14.6. The maximum atomic E-state index is 11.5. The quantitative estimate of drug-likeness (QED) is 0.0598. The van der Waals surface area contributed by atoms with E-state index < -0.39 is 5.60 Å². The summed E-state index contributed by atoms with van der Waals surface area (Å²) < 4.78 is 64.9. The Balaban J connectivity index is 1.66. The Morgan fingerprint density at radius 2 is 0.787 bits per heavy atom. The van der Waals surface area contributed by atoms with E-state index in [9.17, 15) is 9.59 Å². The van der Waals surface area contributed by atoms with E-state index in [2.05, 4.69) is 0 Å². The molecule has 1 rings (SSSR count). The van der Waals surface area contributed by atoms with Crippen molar-refractivity contribution in [2.75, 3.05) is 139 Å². The summed E-state index contributed by atoms with van der Waals surface area (Å²) in [5.41, 5.74) is 0.101. The van der Waals surface area contributed by atoms with Crippen LogP contribution in [0.25, 0.3) is 0 Å². The van der Waals surface area contributed by atoms with E-state index in [1.54, 1.807) is 24.3 Å². The number of aldehydes is 1. The standard InChI is InChI=1S/C33H56O14/c1-33(2,3)47-32(35)29-45-25-24-43-21-20-41-17-16-39-13-12-37-9-8-36-10-11-38-14-15-40-18-19-42-22-23-44-26-27-46-31-6-4-30(28-34)5-7-31/h4-7,28H,8-27,29H2,1-3H3. The summed E-state index contributed by atoms with van der Waals surface area (Å²) in [4.78, 5) is 22.1. The van der Waals surface area contributed by atoms with Crippen LogP contribution in [0.5, 0.6) is 5.75 Å². The molecule has 272 valence electrons. The zero-order chi connectivity index (χ0) is 34.1. The zero-order valence-corrected chi connectivity index (χ0v) is 28.5. The van der Waals surface area contributed by atoms with Gasteiger partial charge >= 0.3 is 5.97 Å². The summed E-state index contributed by atoms with van der Waals surface area (Å²) in [7, 11) is 0. The summed E-state index contributed by atoms with van der Waals surface area (Å²) >= 11 is 0. The van der Waals surface area contributed by atoms with Gasteiger partial charge < -0.3 is 56.8 Å². The molecule has 0 aliphatic carbocycles. The van der Waals surface area contributed by atoms with Gasteiger partial charge in [0.25, 0.3) is 0 Å². The first-order valence-electron chi connectivity index (χ1n) is 16.1. The smallest absolute Gasteiger partial charge is 0.332 e. The average Bonchev–Trinajstić information content (AvgIpc) is 3.04. The van der Waals surface area contributed by atoms with E-state index in [1.165, 1.54) is 0 Å². The molecule has 0 heterocycles. The first-order chi connectivity index (χ1) is 22.9. The summed E-state index contributed by atoms with van der Waals surface area (Å²) in [6, 6.07) is 6.92. The maximum absolute atomic E-state index is 11.5. The number of carbonyl (C=O) groups is 2. The Bertz CT molecular complexity index is 847. The molecule has 0 spiro atoms. The van der Waals surface area contributed by atoms with Crippen molar-refractivity contribution in [3.05, 3.63) is 29.8 Å². The second-order valence-corrected chi connectivity index (χ2v) is 10.7. The molecule has 1 aromatic rings. The van der Waals surface area contributed by atoms with Gasteiger partial charge in [-0.15, -0.1) is 0 Å². The van der Waals surface area contributed by atoms with Crippen LogP contribution in [-0.4, -0.2) is 157 Å². The molecule has 14 nitrogen and oxygen atoms in total. The first-order valence-corrected chi connectivity index (χ1v) is 16.1. The van der Waals surface area contributed by atoms with Crippen molar-refractivity contribution in [2.45, 2.75) is 26.4 Å². The molecule has 1 aromatic carbocycles. The van der Waals surface area contributed by atoms with Crippen LogP contribution in [0, 0.1) is 0 Å². The molecule has 0 amide bonds. The van der Waals surface area contributed by atoms with Crippen LogP contribution < -0.4 is 4.74 Å². The summed E-state index contributed by atoms with van der Waals surface area (Å²) in [5.74, 6) is 0.310. The number of carbonyl (C=O) groups excluding carboxylic acids is 2. The van der Waals surface area contributed by atoms with Crippen molar-refractivity contribution in [3.8, 4) is 5.75 Å². The molecule has 0 saturated carbocycles. The number of benzene rings is 1. The molecule has 0 unspecified atom stereocenters. The number of hydrogen-bond acceptors (Lipinski definition) is 14. The van der Waals surface area contributed by atoms with Crippen molar-refractivity contribution >= 4 is 12.3 Å². The highest BCUT2D eigenvalue weighted by atomic mass is 16.6. The van der Waals surface area contributed by atoms with Gasteiger partial charge in [-0.05, 0) is 45.0 Å². The largest absolute Gasteiger partial charge is 0.491 e. The van der Waals surface area contributed by atoms with Crippen LogP contribution in [0.1, 0.15) is 31.1 Å². The lowest BCUT2D eigenvalue weighted by Gasteiger charge is -2.19. The normalized spacial score (nSPS) is 11.6. The van der Waals surface area contributed by atoms with Crippen LogP contribution in [0.15, 0.2) is 24.3 Å². The van der Waals surface area contributed by atoms with Gasteiger partial charge in [0.05, 0.1) is 126 Å². The Morgan fingerprint density at radius 3 is 1.09 bits per heavy atom. The van der Waals surface area contributed by atoms with Gasteiger partial charge in [0.1, 0.15) is 30.9 Å².